The number of fused-ring (bicyclic) bond motifs is 1. The molecule has 0 bridgehead atoms. The summed E-state index contributed by atoms with van der Waals surface area (Å²) in [4.78, 5) is 4.23. The molecule has 0 amide bonds. The van der Waals surface area contributed by atoms with Gasteiger partial charge < -0.3 is 0 Å². The fourth-order valence-electron chi connectivity index (χ4n) is 1.97. The van der Waals surface area contributed by atoms with Crippen LogP contribution in [0.2, 0.25) is 0 Å². The molecular formula is C14H19NO2S2. The van der Waals surface area contributed by atoms with Crippen LogP contribution in [-0.4, -0.2) is 19.2 Å². The molecule has 104 valence electrons. The van der Waals surface area contributed by atoms with Crippen molar-refractivity contribution in [2.45, 2.75) is 43.4 Å². The first-order valence-corrected chi connectivity index (χ1v) is 9.18. The van der Waals surface area contributed by atoms with Gasteiger partial charge in [-0.3, -0.25) is 0 Å². The van der Waals surface area contributed by atoms with Gasteiger partial charge in [-0.1, -0.05) is 44.7 Å². The Morgan fingerprint density at radius 2 is 1.84 bits per heavy atom. The third-order valence-corrected chi connectivity index (χ3v) is 6.35. The van der Waals surface area contributed by atoms with Gasteiger partial charge in [-0.05, 0) is 18.6 Å². The van der Waals surface area contributed by atoms with Crippen LogP contribution in [-0.2, 0) is 9.84 Å². The van der Waals surface area contributed by atoms with Gasteiger partial charge in [0, 0.05) is 0 Å². The Labute approximate surface area is 118 Å². The lowest BCUT2D eigenvalue weighted by Gasteiger charge is -2.00. The topological polar surface area (TPSA) is 47.0 Å². The molecule has 0 saturated heterocycles. The molecule has 0 aliphatic heterocycles. The largest absolute Gasteiger partial charge is 0.225 e. The molecule has 1 heterocycles. The Bertz CT molecular complexity index is 599. The molecule has 0 N–H and O–H groups in total. The number of aromatic nitrogens is 1. The standard InChI is InChI=1S/C14H19NO2S2/c1-2-3-4-5-8-11-19(16,17)14-15-12-9-6-7-10-13(12)18-14/h6-7,9-10H,2-5,8,11H2,1H3. The van der Waals surface area contributed by atoms with E-state index in [1.165, 1.54) is 24.2 Å². The van der Waals surface area contributed by atoms with Gasteiger partial charge in [0.05, 0.1) is 16.0 Å². The molecule has 0 aliphatic carbocycles. The lowest BCUT2D eigenvalue weighted by atomic mass is 10.2. The van der Waals surface area contributed by atoms with Crippen LogP contribution in [0.15, 0.2) is 28.6 Å². The molecule has 0 saturated carbocycles. The zero-order chi connectivity index (χ0) is 13.7. The number of sulfone groups is 1. The summed E-state index contributed by atoms with van der Waals surface area (Å²) < 4.78 is 25.6. The second-order valence-corrected chi connectivity index (χ2v) is 7.99. The number of hydrogen-bond acceptors (Lipinski definition) is 4. The van der Waals surface area contributed by atoms with Crippen molar-refractivity contribution < 1.29 is 8.42 Å². The van der Waals surface area contributed by atoms with Crippen LogP contribution < -0.4 is 0 Å². The lowest BCUT2D eigenvalue weighted by molar-refractivity contribution is 0.586. The van der Waals surface area contributed by atoms with Crippen LogP contribution in [0.3, 0.4) is 0 Å². The van der Waals surface area contributed by atoms with Gasteiger partial charge in [0.2, 0.25) is 14.2 Å². The number of para-hydroxylation sites is 1. The van der Waals surface area contributed by atoms with Gasteiger partial charge in [-0.25, -0.2) is 13.4 Å². The van der Waals surface area contributed by atoms with Gasteiger partial charge in [-0.2, -0.15) is 0 Å². The summed E-state index contributed by atoms with van der Waals surface area (Å²) in [5, 5.41) is 0. The highest BCUT2D eigenvalue weighted by atomic mass is 32.2. The smallest absolute Gasteiger partial charge is 0.210 e. The summed E-state index contributed by atoms with van der Waals surface area (Å²) >= 11 is 1.27. The molecule has 0 fully saturated rings. The van der Waals surface area contributed by atoms with Gasteiger partial charge in [0.15, 0.2) is 0 Å². The second-order valence-electron chi connectivity index (χ2n) is 4.68. The normalized spacial score (nSPS) is 12.1. The predicted octanol–water partition coefficient (Wildman–Crippen LogP) is 4.04. The zero-order valence-electron chi connectivity index (χ0n) is 11.1. The molecule has 5 heteroatoms. The molecule has 2 aromatic rings. The fourth-order valence-corrected chi connectivity index (χ4v) is 4.69. The average Bonchev–Trinajstić information content (AvgIpc) is 2.83. The maximum atomic E-state index is 12.2. The van der Waals surface area contributed by atoms with Crippen molar-refractivity contribution >= 4 is 31.4 Å². The predicted molar refractivity (Wildman–Crippen MR) is 80.4 cm³/mol. The Hall–Kier alpha value is -0.940. The van der Waals surface area contributed by atoms with E-state index in [1.54, 1.807) is 0 Å². The van der Waals surface area contributed by atoms with Crippen LogP contribution >= 0.6 is 11.3 Å². The highest BCUT2D eigenvalue weighted by Crippen LogP contribution is 2.26. The Balaban J connectivity index is 2.02. The first-order chi connectivity index (χ1) is 9.13. The van der Waals surface area contributed by atoms with Crippen LogP contribution in [0, 0.1) is 0 Å². The van der Waals surface area contributed by atoms with Crippen molar-refractivity contribution in [3.8, 4) is 0 Å². The minimum absolute atomic E-state index is 0.219. The molecule has 0 unspecified atom stereocenters. The minimum atomic E-state index is -3.20. The number of thiazole rings is 1. The monoisotopic (exact) mass is 297 g/mol. The van der Waals surface area contributed by atoms with Crippen LogP contribution in [0.1, 0.15) is 39.0 Å². The first-order valence-electron chi connectivity index (χ1n) is 6.72. The van der Waals surface area contributed by atoms with Crippen molar-refractivity contribution in [1.29, 1.82) is 0 Å². The SMILES string of the molecule is CCCCCCCS(=O)(=O)c1nc2ccccc2s1. The summed E-state index contributed by atoms with van der Waals surface area (Å²) in [5.41, 5.74) is 0.775. The van der Waals surface area contributed by atoms with E-state index in [4.69, 9.17) is 0 Å². The molecule has 0 aliphatic rings. The van der Waals surface area contributed by atoms with Crippen molar-refractivity contribution in [3.05, 3.63) is 24.3 Å². The molecular weight excluding hydrogens is 278 g/mol. The summed E-state index contributed by atoms with van der Waals surface area (Å²) in [6.07, 6.45) is 5.19. The fraction of sp³-hybridized carbons (Fsp3) is 0.500. The van der Waals surface area contributed by atoms with Crippen molar-refractivity contribution in [2.24, 2.45) is 0 Å². The first kappa shape index (κ1) is 14.5. The van der Waals surface area contributed by atoms with E-state index in [2.05, 4.69) is 11.9 Å². The van der Waals surface area contributed by atoms with Crippen molar-refractivity contribution in [3.63, 3.8) is 0 Å². The summed E-state index contributed by atoms with van der Waals surface area (Å²) in [5.74, 6) is 0.219. The van der Waals surface area contributed by atoms with E-state index in [-0.39, 0.29) is 10.1 Å². The van der Waals surface area contributed by atoms with Crippen molar-refractivity contribution in [2.75, 3.05) is 5.75 Å². The summed E-state index contributed by atoms with van der Waals surface area (Å²) in [6.45, 7) is 2.15. The molecule has 1 aromatic heterocycles. The minimum Gasteiger partial charge on any atom is -0.225 e. The molecule has 0 radical (unpaired) electrons. The van der Waals surface area contributed by atoms with Gasteiger partial charge in [0.1, 0.15) is 0 Å². The zero-order valence-corrected chi connectivity index (χ0v) is 12.8. The molecule has 3 nitrogen and oxygen atoms in total. The molecule has 0 atom stereocenters. The van der Waals surface area contributed by atoms with Crippen LogP contribution in [0.5, 0.6) is 0 Å². The summed E-state index contributed by atoms with van der Waals surface area (Å²) in [7, 11) is -3.20. The Morgan fingerprint density at radius 3 is 2.58 bits per heavy atom. The molecule has 1 aromatic carbocycles. The van der Waals surface area contributed by atoms with Gasteiger partial charge in [0.25, 0.3) is 0 Å². The van der Waals surface area contributed by atoms with E-state index in [0.29, 0.717) is 0 Å². The number of rotatable bonds is 7. The van der Waals surface area contributed by atoms with E-state index in [1.807, 2.05) is 24.3 Å². The van der Waals surface area contributed by atoms with Crippen molar-refractivity contribution in [1.82, 2.24) is 4.98 Å². The third-order valence-electron chi connectivity index (χ3n) is 3.06. The molecule has 2 rings (SSSR count). The maximum absolute atomic E-state index is 12.2. The Kier molecular flexibility index (Phi) is 4.93. The highest BCUT2D eigenvalue weighted by Gasteiger charge is 2.18. The second kappa shape index (κ2) is 6.48. The van der Waals surface area contributed by atoms with Crippen LogP contribution in [0.25, 0.3) is 10.2 Å². The molecule has 0 spiro atoms. The molecule has 19 heavy (non-hydrogen) atoms. The van der Waals surface area contributed by atoms with Gasteiger partial charge in [-0.15, -0.1) is 11.3 Å². The number of nitrogens with zero attached hydrogens (tertiary/aromatic N) is 1. The average molecular weight is 297 g/mol. The number of benzene rings is 1. The lowest BCUT2D eigenvalue weighted by Crippen LogP contribution is -2.06. The van der Waals surface area contributed by atoms with E-state index < -0.39 is 9.84 Å². The maximum Gasteiger partial charge on any atom is 0.210 e. The van der Waals surface area contributed by atoms with E-state index in [0.717, 1.165) is 29.5 Å². The Morgan fingerprint density at radius 1 is 1.11 bits per heavy atom. The van der Waals surface area contributed by atoms with Gasteiger partial charge >= 0.3 is 0 Å². The number of unbranched alkanes of at least 4 members (excludes halogenated alkanes) is 4. The van der Waals surface area contributed by atoms with E-state index >= 15 is 0 Å². The summed E-state index contributed by atoms with van der Waals surface area (Å²) in [6, 6.07) is 7.55. The number of hydrogen-bond donors (Lipinski definition) is 0. The van der Waals surface area contributed by atoms with Crippen LogP contribution in [0.4, 0.5) is 0 Å². The van der Waals surface area contributed by atoms with E-state index in [9.17, 15) is 8.42 Å². The quantitative estimate of drug-likeness (QED) is 0.725. The highest BCUT2D eigenvalue weighted by molar-refractivity contribution is 7.93. The third kappa shape index (κ3) is 3.76.